The first-order valence-electron chi connectivity index (χ1n) is 6.93. The minimum Gasteiger partial charge on any atom is -0.496 e. The number of aromatic nitrogens is 3. The molecule has 25 heavy (non-hydrogen) atoms. The van der Waals surface area contributed by atoms with Crippen LogP contribution in [0.25, 0.3) is 0 Å². The number of hydrazone groups is 1. The van der Waals surface area contributed by atoms with Crippen LogP contribution < -0.4 is 21.4 Å². The average molecular weight is 428 g/mol. The van der Waals surface area contributed by atoms with Crippen molar-refractivity contribution >= 4 is 39.8 Å². The lowest BCUT2D eigenvalue weighted by atomic mass is 10.2. The monoisotopic (exact) mass is 427 g/mol. The van der Waals surface area contributed by atoms with Crippen molar-refractivity contribution in [3.05, 3.63) is 49.1 Å². The minimum absolute atomic E-state index is 0.0140. The van der Waals surface area contributed by atoms with E-state index in [2.05, 4.69) is 36.7 Å². The van der Waals surface area contributed by atoms with E-state index < -0.39 is 22.4 Å². The molecule has 0 saturated heterocycles. The number of rotatable bonds is 6. The molecule has 1 amide bonds. The van der Waals surface area contributed by atoms with Gasteiger partial charge < -0.3 is 4.74 Å². The summed E-state index contributed by atoms with van der Waals surface area (Å²) in [6.07, 6.45) is 1.45. The van der Waals surface area contributed by atoms with Crippen LogP contribution in [0, 0.1) is 0 Å². The standard InChI is InChI=1S/C14H14BrN5O4S/c1-7(25-13-12(22)17-14(23)20-19-13)11(21)18-16-6-8-5-9(15)3-4-10(8)24-2/h3-7H,1-2H3,(H,18,21)(H2,17,20,22,23)/b16-6+. The molecule has 3 N–H and O–H groups in total. The van der Waals surface area contributed by atoms with Crippen molar-refractivity contribution in [3.63, 3.8) is 0 Å². The largest absolute Gasteiger partial charge is 0.496 e. The highest BCUT2D eigenvalue weighted by atomic mass is 79.9. The molecule has 1 aromatic heterocycles. The molecule has 9 nitrogen and oxygen atoms in total. The molecule has 1 atom stereocenters. The maximum absolute atomic E-state index is 12.0. The summed E-state index contributed by atoms with van der Waals surface area (Å²) in [4.78, 5) is 36.6. The number of carbonyl (C=O) groups excluding carboxylic acids is 1. The number of carbonyl (C=O) groups is 1. The van der Waals surface area contributed by atoms with Crippen LogP contribution in [0.15, 0.2) is 42.4 Å². The second-order valence-electron chi connectivity index (χ2n) is 4.69. The van der Waals surface area contributed by atoms with Gasteiger partial charge in [-0.15, -0.1) is 0 Å². The van der Waals surface area contributed by atoms with Gasteiger partial charge in [-0.3, -0.25) is 14.6 Å². The molecule has 2 aromatic rings. The van der Waals surface area contributed by atoms with E-state index in [-0.39, 0.29) is 5.03 Å². The highest BCUT2D eigenvalue weighted by Crippen LogP contribution is 2.21. The Hall–Kier alpha value is -2.40. The normalized spacial score (nSPS) is 12.1. The van der Waals surface area contributed by atoms with E-state index in [1.807, 2.05) is 11.1 Å². The van der Waals surface area contributed by atoms with Crippen LogP contribution in [0.1, 0.15) is 12.5 Å². The van der Waals surface area contributed by atoms with Crippen LogP contribution >= 0.6 is 27.7 Å². The first kappa shape index (κ1) is 18.9. The number of nitrogens with one attached hydrogen (secondary N) is 3. The van der Waals surface area contributed by atoms with Gasteiger partial charge in [0.25, 0.3) is 11.5 Å². The predicted molar refractivity (Wildman–Crippen MR) is 97.2 cm³/mol. The molecule has 0 aliphatic rings. The van der Waals surface area contributed by atoms with E-state index in [1.54, 1.807) is 19.1 Å². The summed E-state index contributed by atoms with van der Waals surface area (Å²) in [6.45, 7) is 1.58. The number of hydrogen-bond donors (Lipinski definition) is 3. The van der Waals surface area contributed by atoms with E-state index in [0.717, 1.165) is 16.2 Å². The molecule has 0 saturated carbocycles. The third-order valence-electron chi connectivity index (χ3n) is 2.91. The SMILES string of the molecule is COc1ccc(Br)cc1/C=N/NC(=O)C(C)Sc1n[nH]c(=O)[nH]c1=O. The fourth-order valence-corrected chi connectivity index (χ4v) is 2.83. The molecule has 0 spiro atoms. The molecule has 132 valence electrons. The van der Waals surface area contributed by atoms with Crippen molar-refractivity contribution in [2.45, 2.75) is 17.2 Å². The molecule has 0 aliphatic carbocycles. The fraction of sp³-hybridized carbons (Fsp3) is 0.214. The van der Waals surface area contributed by atoms with Gasteiger partial charge in [0, 0.05) is 10.0 Å². The number of halogens is 1. The summed E-state index contributed by atoms with van der Waals surface area (Å²) in [6, 6.07) is 5.37. The summed E-state index contributed by atoms with van der Waals surface area (Å²) in [7, 11) is 1.53. The summed E-state index contributed by atoms with van der Waals surface area (Å²) in [5.74, 6) is 0.176. The molecule has 0 radical (unpaired) electrons. The fourth-order valence-electron chi connectivity index (χ4n) is 1.70. The van der Waals surface area contributed by atoms with Crippen molar-refractivity contribution in [1.82, 2.24) is 20.6 Å². The van der Waals surface area contributed by atoms with Crippen molar-refractivity contribution in [1.29, 1.82) is 0 Å². The van der Waals surface area contributed by atoms with Gasteiger partial charge >= 0.3 is 5.69 Å². The molecule has 0 fully saturated rings. The van der Waals surface area contributed by atoms with E-state index in [0.29, 0.717) is 11.3 Å². The van der Waals surface area contributed by atoms with E-state index in [4.69, 9.17) is 4.74 Å². The molecule has 11 heteroatoms. The van der Waals surface area contributed by atoms with Crippen molar-refractivity contribution in [2.24, 2.45) is 5.10 Å². The molecular formula is C14H14BrN5O4S. The van der Waals surface area contributed by atoms with Gasteiger partial charge in [-0.25, -0.2) is 15.3 Å². The molecule has 2 rings (SSSR count). The topological polar surface area (TPSA) is 129 Å². The van der Waals surface area contributed by atoms with Gasteiger partial charge in [-0.1, -0.05) is 27.7 Å². The first-order chi connectivity index (χ1) is 11.9. The molecule has 1 heterocycles. The van der Waals surface area contributed by atoms with Gasteiger partial charge in [0.1, 0.15) is 5.75 Å². The Kier molecular flexibility index (Phi) is 6.53. The zero-order chi connectivity index (χ0) is 18.4. The van der Waals surface area contributed by atoms with Crippen LogP contribution in [0.3, 0.4) is 0 Å². The number of ether oxygens (including phenoxy) is 1. The lowest BCUT2D eigenvalue weighted by Crippen LogP contribution is -2.30. The molecular weight excluding hydrogens is 414 g/mol. The number of aromatic amines is 2. The van der Waals surface area contributed by atoms with Crippen LogP contribution in [0.2, 0.25) is 0 Å². The number of benzene rings is 1. The third kappa shape index (κ3) is 5.29. The quantitative estimate of drug-likeness (QED) is 0.356. The lowest BCUT2D eigenvalue weighted by molar-refractivity contribution is -0.120. The second-order valence-corrected chi connectivity index (χ2v) is 6.94. The number of methoxy groups -OCH3 is 1. The van der Waals surface area contributed by atoms with Gasteiger partial charge in [0.15, 0.2) is 5.03 Å². The Bertz CT molecular complexity index is 911. The number of thioether (sulfide) groups is 1. The predicted octanol–water partition coefficient (Wildman–Crippen LogP) is 0.860. The van der Waals surface area contributed by atoms with Crippen molar-refractivity contribution in [3.8, 4) is 5.75 Å². The average Bonchev–Trinajstić information content (AvgIpc) is 2.57. The maximum atomic E-state index is 12.0. The van der Waals surface area contributed by atoms with Gasteiger partial charge in [0.2, 0.25) is 0 Å². The Morgan fingerprint density at radius 1 is 1.48 bits per heavy atom. The van der Waals surface area contributed by atoms with Crippen LogP contribution in [0.4, 0.5) is 0 Å². The van der Waals surface area contributed by atoms with Crippen molar-refractivity contribution < 1.29 is 9.53 Å². The smallest absolute Gasteiger partial charge is 0.342 e. The number of hydrogen-bond acceptors (Lipinski definition) is 7. The third-order valence-corrected chi connectivity index (χ3v) is 4.47. The van der Waals surface area contributed by atoms with E-state index >= 15 is 0 Å². The van der Waals surface area contributed by atoms with E-state index in [1.165, 1.54) is 13.3 Å². The Morgan fingerprint density at radius 3 is 2.92 bits per heavy atom. The number of amides is 1. The summed E-state index contributed by atoms with van der Waals surface area (Å²) < 4.78 is 6.04. The van der Waals surface area contributed by atoms with Crippen LogP contribution in [-0.2, 0) is 4.79 Å². The van der Waals surface area contributed by atoms with Gasteiger partial charge in [-0.05, 0) is 25.1 Å². The first-order valence-corrected chi connectivity index (χ1v) is 8.60. The van der Waals surface area contributed by atoms with Gasteiger partial charge in [0.05, 0.1) is 18.6 Å². The lowest BCUT2D eigenvalue weighted by Gasteiger charge is -2.08. The van der Waals surface area contributed by atoms with Crippen LogP contribution in [-0.4, -0.2) is 39.7 Å². The highest BCUT2D eigenvalue weighted by molar-refractivity contribution is 9.10. The van der Waals surface area contributed by atoms with E-state index in [9.17, 15) is 14.4 Å². The molecule has 1 aromatic carbocycles. The highest BCUT2D eigenvalue weighted by Gasteiger charge is 2.17. The Morgan fingerprint density at radius 2 is 2.24 bits per heavy atom. The molecule has 0 aliphatic heterocycles. The number of H-pyrrole nitrogens is 2. The minimum atomic E-state index is -0.709. The Labute approximate surface area is 154 Å². The van der Waals surface area contributed by atoms with Gasteiger partial charge in [-0.2, -0.15) is 10.2 Å². The number of nitrogens with zero attached hydrogens (tertiary/aromatic N) is 2. The molecule has 0 bridgehead atoms. The zero-order valence-corrected chi connectivity index (χ0v) is 15.6. The summed E-state index contributed by atoms with van der Waals surface area (Å²) in [5.41, 5.74) is 1.69. The Balaban J connectivity index is 2.01. The summed E-state index contributed by atoms with van der Waals surface area (Å²) >= 11 is 4.25. The second kappa shape index (κ2) is 8.62. The summed E-state index contributed by atoms with van der Waals surface area (Å²) in [5, 5.41) is 8.93. The maximum Gasteiger partial charge on any atom is 0.342 e. The van der Waals surface area contributed by atoms with Crippen molar-refractivity contribution in [2.75, 3.05) is 7.11 Å². The molecule has 1 unspecified atom stereocenters. The van der Waals surface area contributed by atoms with Crippen LogP contribution in [0.5, 0.6) is 5.75 Å². The zero-order valence-electron chi connectivity index (χ0n) is 13.2.